The molecule has 150 valence electrons. The quantitative estimate of drug-likeness (QED) is 0.225. The summed E-state index contributed by atoms with van der Waals surface area (Å²) in [6, 6.07) is 8.28. The number of benzene rings is 2. The summed E-state index contributed by atoms with van der Waals surface area (Å²) in [6.07, 6.45) is -6.35. The van der Waals surface area contributed by atoms with Gasteiger partial charge in [-0.05, 0) is 37.3 Å². The number of hydrogen-bond donors (Lipinski definition) is 1. The van der Waals surface area contributed by atoms with Crippen molar-refractivity contribution in [1.29, 1.82) is 0 Å². The maximum atomic E-state index is 12.8. The first-order chi connectivity index (χ1) is 13.2. The first-order valence-electron chi connectivity index (χ1n) is 7.80. The number of nitro groups is 1. The molecule has 28 heavy (non-hydrogen) atoms. The molecule has 1 N–H and O–H groups in total. The molecule has 0 radical (unpaired) electrons. The minimum atomic E-state index is -4.58. The van der Waals surface area contributed by atoms with Crippen molar-refractivity contribution in [1.82, 2.24) is 0 Å². The fourth-order valence-corrected chi connectivity index (χ4v) is 2.50. The molecule has 0 fully saturated rings. The molecule has 7 nitrogen and oxygen atoms in total. The minimum Gasteiger partial charge on any atom is -0.455 e. The molecule has 0 saturated carbocycles. The third-order valence-corrected chi connectivity index (χ3v) is 3.80. The minimum absolute atomic E-state index is 0.0103. The highest BCUT2D eigenvalue weighted by Crippen LogP contribution is 2.37. The summed E-state index contributed by atoms with van der Waals surface area (Å²) in [4.78, 5) is 10.4. The molecule has 0 aliphatic carbocycles. The van der Waals surface area contributed by atoms with E-state index in [9.17, 15) is 28.5 Å². The number of hydrogen-bond acceptors (Lipinski definition) is 6. The van der Waals surface area contributed by atoms with Gasteiger partial charge in [0, 0.05) is 0 Å². The fraction of sp³-hybridized carbons (Fsp3) is 0.235. The van der Waals surface area contributed by atoms with Gasteiger partial charge in [0.2, 0.25) is 0 Å². The van der Waals surface area contributed by atoms with Gasteiger partial charge in [-0.25, -0.2) is 0 Å². The van der Waals surface area contributed by atoms with Crippen molar-refractivity contribution < 1.29 is 32.8 Å². The predicted octanol–water partition coefficient (Wildman–Crippen LogP) is 4.97. The van der Waals surface area contributed by atoms with Crippen LogP contribution in [0, 0.1) is 10.1 Å². The van der Waals surface area contributed by atoms with E-state index in [-0.39, 0.29) is 28.7 Å². The van der Waals surface area contributed by atoms with Crippen LogP contribution in [-0.2, 0) is 10.9 Å². The summed E-state index contributed by atoms with van der Waals surface area (Å²) in [7, 11) is 0. The van der Waals surface area contributed by atoms with Gasteiger partial charge in [0.15, 0.2) is 5.71 Å². The lowest BCUT2D eigenvalue weighted by Gasteiger charge is -2.16. The molecule has 0 bridgehead atoms. The van der Waals surface area contributed by atoms with Crippen molar-refractivity contribution in [3.8, 4) is 11.5 Å². The van der Waals surface area contributed by atoms with Gasteiger partial charge >= 0.3 is 12.4 Å². The van der Waals surface area contributed by atoms with E-state index in [0.717, 1.165) is 12.1 Å². The van der Waals surface area contributed by atoms with Gasteiger partial charge in [-0.15, -0.1) is 0 Å². The lowest BCUT2D eigenvalue weighted by Crippen LogP contribution is -2.33. The third-order valence-electron chi connectivity index (χ3n) is 3.50. The Morgan fingerprint density at radius 3 is 2.50 bits per heavy atom. The van der Waals surface area contributed by atoms with Crippen LogP contribution in [0.25, 0.3) is 0 Å². The number of para-hydroxylation sites is 1. The highest BCUT2D eigenvalue weighted by atomic mass is 35.5. The van der Waals surface area contributed by atoms with Gasteiger partial charge in [-0.1, -0.05) is 28.9 Å². The van der Waals surface area contributed by atoms with E-state index < -0.39 is 28.6 Å². The molecule has 0 aliphatic rings. The molecule has 0 saturated heterocycles. The Balaban J connectivity index is 2.43. The van der Waals surface area contributed by atoms with Crippen molar-refractivity contribution >= 4 is 17.3 Å². The Hall–Kier alpha value is -2.85. The lowest BCUT2D eigenvalue weighted by molar-refractivity contribution is -0.553. The zero-order valence-electron chi connectivity index (χ0n) is 14.3. The Bertz CT molecular complexity index is 889. The topological polar surface area (TPSA) is 94.2 Å². The predicted molar refractivity (Wildman–Crippen MR) is 93.7 cm³/mol. The van der Waals surface area contributed by atoms with Crippen LogP contribution in [0.1, 0.15) is 18.1 Å². The maximum absolute atomic E-state index is 12.8. The molecule has 0 amide bonds. The van der Waals surface area contributed by atoms with Crippen LogP contribution in [0.15, 0.2) is 47.6 Å². The average Bonchev–Trinajstić information content (AvgIpc) is 2.63. The summed E-state index contributed by atoms with van der Waals surface area (Å²) in [5.41, 5.74) is -1.39. The van der Waals surface area contributed by atoms with E-state index in [1.54, 1.807) is 0 Å². The van der Waals surface area contributed by atoms with Crippen molar-refractivity contribution in [2.45, 2.75) is 19.3 Å². The van der Waals surface area contributed by atoms with Crippen LogP contribution in [0.2, 0.25) is 5.02 Å². The molecule has 1 atom stereocenters. The first-order valence-corrected chi connectivity index (χ1v) is 8.17. The zero-order chi connectivity index (χ0) is 20.9. The largest absolute Gasteiger partial charge is 0.455 e. The van der Waals surface area contributed by atoms with Crippen molar-refractivity contribution in [2.24, 2.45) is 5.16 Å². The van der Waals surface area contributed by atoms with Gasteiger partial charge in [-0.2, -0.15) is 13.2 Å². The van der Waals surface area contributed by atoms with Crippen LogP contribution in [-0.4, -0.2) is 28.7 Å². The maximum Gasteiger partial charge on any atom is 0.416 e. The van der Waals surface area contributed by atoms with Crippen LogP contribution >= 0.6 is 11.6 Å². The zero-order valence-corrected chi connectivity index (χ0v) is 15.1. The average molecular weight is 419 g/mol. The Morgan fingerprint density at radius 2 is 1.96 bits per heavy atom. The molecule has 1 unspecified atom stereocenters. The van der Waals surface area contributed by atoms with Crippen LogP contribution in [0.3, 0.4) is 0 Å². The van der Waals surface area contributed by atoms with E-state index in [1.807, 2.05) is 0 Å². The lowest BCUT2D eigenvalue weighted by atomic mass is 10.1. The Labute approximate surface area is 162 Å². The second-order valence-corrected chi connectivity index (χ2v) is 5.73. The summed E-state index contributed by atoms with van der Waals surface area (Å²) >= 11 is 5.88. The molecule has 2 aromatic rings. The molecule has 0 spiro atoms. The number of halogens is 4. The van der Waals surface area contributed by atoms with Crippen molar-refractivity contribution in [3.63, 3.8) is 0 Å². The van der Waals surface area contributed by atoms with Gasteiger partial charge in [0.25, 0.3) is 0 Å². The standard InChI is InChI=1S/C17H14ClF3N2O5/c1-2-27-16(23(25)26)15(22-24)11-5-3-4-6-13(11)28-14-8-7-10(9-12(14)18)17(19,20)21/h3-9,16,24H,2H2,1H3/b22-15-. The second kappa shape index (κ2) is 8.89. The number of rotatable bonds is 7. The Morgan fingerprint density at radius 1 is 1.29 bits per heavy atom. The van der Waals surface area contributed by atoms with E-state index in [0.29, 0.717) is 6.07 Å². The first kappa shape index (κ1) is 21.5. The SMILES string of the molecule is CCOC(/C(=N\O)c1ccccc1Oc1ccc(C(F)(F)F)cc1Cl)[N+](=O)[O-]. The van der Waals surface area contributed by atoms with Crippen LogP contribution in [0.5, 0.6) is 11.5 Å². The van der Waals surface area contributed by atoms with Gasteiger partial charge in [0.1, 0.15) is 11.5 Å². The molecule has 0 heterocycles. The number of nitrogens with zero attached hydrogens (tertiary/aromatic N) is 2. The smallest absolute Gasteiger partial charge is 0.416 e. The Kier molecular flexibility index (Phi) is 6.81. The summed E-state index contributed by atoms with van der Waals surface area (Å²) in [6.45, 7) is 1.49. The second-order valence-electron chi connectivity index (χ2n) is 5.32. The van der Waals surface area contributed by atoms with E-state index in [2.05, 4.69) is 5.16 Å². The summed E-state index contributed by atoms with van der Waals surface area (Å²) in [5, 5.41) is 23.2. The van der Waals surface area contributed by atoms with Gasteiger partial charge in [0.05, 0.1) is 27.7 Å². The van der Waals surface area contributed by atoms with Crippen LogP contribution in [0.4, 0.5) is 13.2 Å². The summed E-state index contributed by atoms with van der Waals surface area (Å²) in [5.74, 6) is -0.142. The molecule has 0 aliphatic heterocycles. The number of alkyl halides is 3. The monoisotopic (exact) mass is 418 g/mol. The fourth-order valence-electron chi connectivity index (χ4n) is 2.28. The van der Waals surface area contributed by atoms with Crippen molar-refractivity contribution in [2.75, 3.05) is 6.61 Å². The molecule has 0 aromatic heterocycles. The summed E-state index contributed by atoms with van der Waals surface area (Å²) < 4.78 is 48.8. The molecule has 11 heteroatoms. The van der Waals surface area contributed by atoms with Gasteiger partial charge in [-0.3, -0.25) is 10.1 Å². The van der Waals surface area contributed by atoms with Gasteiger partial charge < -0.3 is 14.7 Å². The highest BCUT2D eigenvalue weighted by molar-refractivity contribution is 6.32. The highest BCUT2D eigenvalue weighted by Gasteiger charge is 2.33. The molecule has 2 aromatic carbocycles. The number of ether oxygens (including phenoxy) is 2. The molecule has 2 rings (SSSR count). The third kappa shape index (κ3) is 4.90. The van der Waals surface area contributed by atoms with E-state index in [4.69, 9.17) is 21.1 Å². The van der Waals surface area contributed by atoms with Crippen LogP contribution < -0.4 is 4.74 Å². The van der Waals surface area contributed by atoms with E-state index >= 15 is 0 Å². The van der Waals surface area contributed by atoms with E-state index in [1.165, 1.54) is 31.2 Å². The molecular formula is C17H14ClF3N2O5. The number of oxime groups is 1. The normalized spacial score (nSPS) is 13.2. The molecular weight excluding hydrogens is 405 g/mol. The van der Waals surface area contributed by atoms with Crippen molar-refractivity contribution in [3.05, 3.63) is 68.7 Å².